The Morgan fingerprint density at radius 1 is 0.696 bits per heavy atom. The van der Waals surface area contributed by atoms with Crippen LogP contribution < -0.4 is 5.32 Å². The van der Waals surface area contributed by atoms with E-state index in [0.29, 0.717) is 5.84 Å². The van der Waals surface area contributed by atoms with E-state index in [-0.39, 0.29) is 0 Å². The molecule has 0 fully saturated rings. The van der Waals surface area contributed by atoms with Gasteiger partial charge in [-0.1, -0.05) is 60.5 Å². The monoisotopic (exact) mass is 296 g/mol. The molecule has 0 unspecified atom stereocenters. The van der Waals surface area contributed by atoms with Crippen molar-refractivity contribution in [1.29, 1.82) is 0 Å². The van der Waals surface area contributed by atoms with Crippen molar-refractivity contribution in [2.75, 3.05) is 5.32 Å². The second kappa shape index (κ2) is 7.63. The van der Waals surface area contributed by atoms with Crippen molar-refractivity contribution in [3.63, 3.8) is 0 Å². The van der Waals surface area contributed by atoms with E-state index in [0.717, 1.165) is 16.9 Å². The van der Waals surface area contributed by atoms with Gasteiger partial charge in [0.25, 0.3) is 0 Å². The normalized spacial score (nSPS) is 10.5. The van der Waals surface area contributed by atoms with Crippen molar-refractivity contribution in [2.45, 2.75) is 0 Å². The number of hydrogen-bond acceptors (Lipinski definition) is 1. The molecule has 3 rings (SSSR count). The zero-order chi connectivity index (χ0) is 15.7. The Morgan fingerprint density at radius 2 is 1.26 bits per heavy atom. The van der Waals surface area contributed by atoms with E-state index >= 15 is 0 Å². The predicted octanol–water partition coefficient (Wildman–Crippen LogP) is 4.88. The lowest BCUT2D eigenvalue weighted by Gasteiger charge is -2.04. The topological polar surface area (TPSA) is 24.4 Å². The van der Waals surface area contributed by atoms with Crippen molar-refractivity contribution >= 4 is 17.2 Å². The minimum absolute atomic E-state index is 0.617. The molecule has 23 heavy (non-hydrogen) atoms. The van der Waals surface area contributed by atoms with Gasteiger partial charge < -0.3 is 5.32 Å². The maximum absolute atomic E-state index is 4.60. The molecule has 0 aliphatic rings. The average Bonchev–Trinajstić information content (AvgIpc) is 2.62. The molecule has 0 bridgehead atoms. The number of nitrogens with one attached hydrogen (secondary N) is 1. The number of amidine groups is 1. The fourth-order valence-corrected chi connectivity index (χ4v) is 2.03. The van der Waals surface area contributed by atoms with E-state index in [9.17, 15) is 0 Å². The van der Waals surface area contributed by atoms with Crippen molar-refractivity contribution < 1.29 is 0 Å². The number of para-hydroxylation sites is 2. The second-order valence-corrected chi connectivity index (χ2v) is 4.90. The predicted molar refractivity (Wildman–Crippen MR) is 96.9 cm³/mol. The van der Waals surface area contributed by atoms with Crippen LogP contribution >= 0.6 is 0 Å². The van der Waals surface area contributed by atoms with Gasteiger partial charge >= 0.3 is 0 Å². The van der Waals surface area contributed by atoms with E-state index in [2.05, 4.69) is 22.2 Å². The fourth-order valence-electron chi connectivity index (χ4n) is 2.03. The molecule has 0 radical (unpaired) electrons. The Hall–Kier alpha value is -3.31. The maximum Gasteiger partial charge on any atom is 0.183 e. The number of hydrogen-bond donors (Lipinski definition) is 1. The first-order chi connectivity index (χ1) is 11.4. The van der Waals surface area contributed by atoms with Crippen LogP contribution in [0.1, 0.15) is 5.56 Å². The minimum Gasteiger partial charge on any atom is -0.333 e. The molecule has 0 aliphatic heterocycles. The van der Waals surface area contributed by atoms with E-state index in [4.69, 9.17) is 0 Å². The molecule has 3 aromatic carbocycles. The molecule has 3 aromatic rings. The lowest BCUT2D eigenvalue weighted by atomic mass is 10.2. The first kappa shape index (κ1) is 14.6. The van der Waals surface area contributed by atoms with Gasteiger partial charge in [0, 0.05) is 11.3 Å². The van der Waals surface area contributed by atoms with E-state index in [1.165, 1.54) is 0 Å². The van der Waals surface area contributed by atoms with Crippen molar-refractivity contribution in [1.82, 2.24) is 0 Å². The van der Waals surface area contributed by atoms with Gasteiger partial charge in [-0.15, -0.1) is 0 Å². The van der Waals surface area contributed by atoms with Crippen LogP contribution in [0, 0.1) is 11.8 Å². The quantitative estimate of drug-likeness (QED) is 0.407. The Kier molecular flexibility index (Phi) is 4.85. The van der Waals surface area contributed by atoms with Gasteiger partial charge in [0.15, 0.2) is 5.84 Å². The number of anilines is 1. The van der Waals surface area contributed by atoms with Crippen LogP contribution in [-0.4, -0.2) is 5.84 Å². The van der Waals surface area contributed by atoms with Crippen LogP contribution in [0.3, 0.4) is 0 Å². The Morgan fingerprint density at radius 3 is 1.91 bits per heavy atom. The van der Waals surface area contributed by atoms with Gasteiger partial charge in [0.05, 0.1) is 5.69 Å². The van der Waals surface area contributed by atoms with Crippen LogP contribution in [0.25, 0.3) is 0 Å². The lowest BCUT2D eigenvalue weighted by molar-refractivity contribution is 1.50. The van der Waals surface area contributed by atoms with Crippen LogP contribution in [0.2, 0.25) is 0 Å². The third-order valence-electron chi connectivity index (χ3n) is 3.13. The highest BCUT2D eigenvalue weighted by atomic mass is 15.0. The highest BCUT2D eigenvalue weighted by Crippen LogP contribution is 2.12. The molecule has 0 saturated carbocycles. The van der Waals surface area contributed by atoms with Crippen LogP contribution in [0.15, 0.2) is 96.0 Å². The summed E-state index contributed by atoms with van der Waals surface area (Å²) in [5.74, 6) is 6.88. The average molecular weight is 296 g/mol. The fraction of sp³-hybridized carbons (Fsp3) is 0. The summed E-state index contributed by atoms with van der Waals surface area (Å²) in [4.78, 5) is 4.60. The first-order valence-corrected chi connectivity index (χ1v) is 7.43. The molecule has 0 saturated heterocycles. The minimum atomic E-state index is 0.617. The van der Waals surface area contributed by atoms with Crippen LogP contribution in [0.4, 0.5) is 11.4 Å². The van der Waals surface area contributed by atoms with Gasteiger partial charge in [-0.05, 0) is 42.3 Å². The molecule has 2 nitrogen and oxygen atoms in total. The molecular formula is C21H16N2. The SMILES string of the molecule is C(#Cc1ccccc1)C(=Nc1ccccc1)Nc1ccccc1. The summed E-state index contributed by atoms with van der Waals surface area (Å²) in [6, 6.07) is 29.6. The summed E-state index contributed by atoms with van der Waals surface area (Å²) in [5.41, 5.74) is 2.79. The molecular weight excluding hydrogens is 280 g/mol. The molecule has 1 N–H and O–H groups in total. The highest BCUT2D eigenvalue weighted by Gasteiger charge is 1.97. The van der Waals surface area contributed by atoms with E-state index in [1.54, 1.807) is 0 Å². The molecule has 0 heterocycles. The number of aliphatic imine (C=N–C) groups is 1. The molecule has 0 amide bonds. The summed E-state index contributed by atoms with van der Waals surface area (Å²) in [6.07, 6.45) is 0. The molecule has 0 aliphatic carbocycles. The lowest BCUT2D eigenvalue weighted by Crippen LogP contribution is -2.09. The van der Waals surface area contributed by atoms with Crippen molar-refractivity contribution in [2.24, 2.45) is 4.99 Å². The maximum atomic E-state index is 4.60. The Labute approximate surface area is 136 Å². The van der Waals surface area contributed by atoms with Crippen LogP contribution in [-0.2, 0) is 0 Å². The van der Waals surface area contributed by atoms with Gasteiger partial charge in [-0.25, -0.2) is 4.99 Å². The molecule has 0 atom stereocenters. The summed E-state index contributed by atoms with van der Waals surface area (Å²) in [6.45, 7) is 0. The van der Waals surface area contributed by atoms with Gasteiger partial charge in [-0.2, -0.15) is 0 Å². The van der Waals surface area contributed by atoms with Gasteiger partial charge in [0.1, 0.15) is 0 Å². The van der Waals surface area contributed by atoms with Crippen molar-refractivity contribution in [3.05, 3.63) is 96.6 Å². The second-order valence-electron chi connectivity index (χ2n) is 4.90. The number of rotatable bonds is 2. The Bertz CT molecular complexity index is 827. The van der Waals surface area contributed by atoms with Gasteiger partial charge in [-0.3, -0.25) is 0 Å². The third kappa shape index (κ3) is 4.59. The van der Waals surface area contributed by atoms with Crippen LogP contribution in [0.5, 0.6) is 0 Å². The number of nitrogens with zero attached hydrogens (tertiary/aromatic N) is 1. The van der Waals surface area contributed by atoms with E-state index in [1.807, 2.05) is 91.0 Å². The summed E-state index contributed by atoms with van der Waals surface area (Å²) in [5, 5.41) is 3.27. The van der Waals surface area contributed by atoms with Gasteiger partial charge in [0.2, 0.25) is 0 Å². The molecule has 110 valence electrons. The Balaban J connectivity index is 1.91. The number of benzene rings is 3. The largest absolute Gasteiger partial charge is 0.333 e. The van der Waals surface area contributed by atoms with E-state index < -0.39 is 0 Å². The standard InChI is InChI=1S/C21H16N2/c1-4-10-18(11-5-1)16-17-21(22-19-12-6-2-7-13-19)23-20-14-8-3-9-15-20/h1-15H,(H,22,23). The smallest absolute Gasteiger partial charge is 0.183 e. The summed E-state index contributed by atoms with van der Waals surface area (Å²) in [7, 11) is 0. The summed E-state index contributed by atoms with van der Waals surface area (Å²) >= 11 is 0. The van der Waals surface area contributed by atoms with Crippen molar-refractivity contribution in [3.8, 4) is 11.8 Å². The molecule has 0 aromatic heterocycles. The third-order valence-corrected chi connectivity index (χ3v) is 3.13. The summed E-state index contributed by atoms with van der Waals surface area (Å²) < 4.78 is 0. The first-order valence-electron chi connectivity index (χ1n) is 7.43. The molecule has 2 heteroatoms. The zero-order valence-corrected chi connectivity index (χ0v) is 12.6. The molecule has 0 spiro atoms. The zero-order valence-electron chi connectivity index (χ0n) is 12.6. The highest BCUT2D eigenvalue weighted by molar-refractivity contribution is 6.09.